The summed E-state index contributed by atoms with van der Waals surface area (Å²) in [6, 6.07) is 0.290. The quantitative estimate of drug-likeness (QED) is 0.830. The van der Waals surface area contributed by atoms with Crippen LogP contribution in [0.15, 0.2) is 0 Å². The summed E-state index contributed by atoms with van der Waals surface area (Å²) in [5.74, 6) is 2.05. The van der Waals surface area contributed by atoms with E-state index in [0.29, 0.717) is 6.10 Å². The normalized spacial score (nSPS) is 25.2. The molecular weight excluding hydrogens is 204 g/mol. The highest BCUT2D eigenvalue weighted by molar-refractivity contribution is 5.03. The average Bonchev–Trinajstić information content (AvgIpc) is 2.87. The van der Waals surface area contributed by atoms with E-state index in [1.54, 1.807) is 7.11 Å². The first-order chi connectivity index (χ1) is 7.76. The third kappa shape index (κ3) is 2.10. The number of hydrogen-bond acceptors (Lipinski definition) is 4. The van der Waals surface area contributed by atoms with Crippen LogP contribution in [0, 0.1) is 6.92 Å². The predicted molar refractivity (Wildman–Crippen MR) is 61.2 cm³/mol. The Balaban J connectivity index is 2.14. The molecule has 1 N–H and O–H groups in total. The van der Waals surface area contributed by atoms with E-state index in [-0.39, 0.29) is 6.04 Å². The molecule has 0 saturated carbocycles. The first-order valence-corrected chi connectivity index (χ1v) is 5.92. The van der Waals surface area contributed by atoms with Gasteiger partial charge in [0.05, 0.1) is 12.1 Å². The topological polar surface area (TPSA) is 52.0 Å². The van der Waals surface area contributed by atoms with E-state index < -0.39 is 0 Å². The summed E-state index contributed by atoms with van der Waals surface area (Å²) in [6.07, 6.45) is 2.39. The third-order valence-corrected chi connectivity index (χ3v) is 3.15. The van der Waals surface area contributed by atoms with Crippen LogP contribution in [0.3, 0.4) is 0 Å². The summed E-state index contributed by atoms with van der Waals surface area (Å²) in [5, 5.41) is 11.9. The van der Waals surface area contributed by atoms with E-state index in [1.165, 1.54) is 0 Å². The van der Waals surface area contributed by atoms with Crippen molar-refractivity contribution in [2.24, 2.45) is 0 Å². The maximum absolute atomic E-state index is 5.35. The summed E-state index contributed by atoms with van der Waals surface area (Å²) in [6.45, 7) is 6.07. The van der Waals surface area contributed by atoms with Crippen LogP contribution in [-0.4, -0.2) is 34.5 Å². The van der Waals surface area contributed by atoms with Gasteiger partial charge in [-0.15, -0.1) is 10.2 Å². The highest BCUT2D eigenvalue weighted by Gasteiger charge is 2.29. The monoisotopic (exact) mass is 224 g/mol. The summed E-state index contributed by atoms with van der Waals surface area (Å²) in [5.41, 5.74) is 0. The fourth-order valence-electron chi connectivity index (χ4n) is 2.23. The first-order valence-electron chi connectivity index (χ1n) is 5.92. The molecule has 2 unspecified atom stereocenters. The van der Waals surface area contributed by atoms with Gasteiger partial charge in [-0.25, -0.2) is 0 Å². The Morgan fingerprint density at radius 1 is 1.50 bits per heavy atom. The number of hydrogen-bond donors (Lipinski definition) is 1. The Labute approximate surface area is 96.2 Å². The molecule has 1 aromatic heterocycles. The van der Waals surface area contributed by atoms with Gasteiger partial charge in [0.1, 0.15) is 11.6 Å². The van der Waals surface area contributed by atoms with E-state index in [0.717, 1.165) is 37.6 Å². The number of aryl methyl sites for hydroxylation is 1. The zero-order valence-electron chi connectivity index (χ0n) is 10.2. The molecule has 0 radical (unpaired) electrons. The van der Waals surface area contributed by atoms with Gasteiger partial charge in [0.2, 0.25) is 0 Å². The lowest BCUT2D eigenvalue weighted by atomic mass is 10.2. The Kier molecular flexibility index (Phi) is 3.56. The Hall–Kier alpha value is -0.940. The maximum atomic E-state index is 5.35. The molecule has 2 heterocycles. The minimum absolute atomic E-state index is 0.290. The van der Waals surface area contributed by atoms with Gasteiger partial charge in [-0.2, -0.15) is 0 Å². The third-order valence-electron chi connectivity index (χ3n) is 3.15. The van der Waals surface area contributed by atoms with Crippen LogP contribution in [-0.2, 0) is 11.3 Å². The van der Waals surface area contributed by atoms with E-state index in [1.807, 2.05) is 6.92 Å². The van der Waals surface area contributed by atoms with Crippen molar-refractivity contribution in [3.63, 3.8) is 0 Å². The largest absolute Gasteiger partial charge is 0.380 e. The molecular formula is C11H20N4O. The Morgan fingerprint density at radius 3 is 2.94 bits per heavy atom. The first kappa shape index (κ1) is 11.5. The SMILES string of the molecule is CCCn1c(C)nnc1C1CC(OC)CN1. The highest BCUT2D eigenvalue weighted by atomic mass is 16.5. The molecule has 0 amide bonds. The van der Waals surface area contributed by atoms with Gasteiger partial charge in [0.25, 0.3) is 0 Å². The van der Waals surface area contributed by atoms with E-state index in [9.17, 15) is 0 Å². The van der Waals surface area contributed by atoms with Crippen molar-refractivity contribution in [1.82, 2.24) is 20.1 Å². The van der Waals surface area contributed by atoms with Crippen LogP contribution in [0.4, 0.5) is 0 Å². The van der Waals surface area contributed by atoms with Gasteiger partial charge in [-0.1, -0.05) is 6.92 Å². The second-order valence-electron chi connectivity index (χ2n) is 4.31. The minimum atomic E-state index is 0.290. The molecule has 5 nitrogen and oxygen atoms in total. The standard InChI is InChI=1S/C11H20N4O/c1-4-5-15-8(2)13-14-11(15)10-6-9(16-3)7-12-10/h9-10,12H,4-7H2,1-3H3. The Bertz CT molecular complexity index is 350. The van der Waals surface area contributed by atoms with Crippen molar-refractivity contribution in [3.8, 4) is 0 Å². The number of rotatable bonds is 4. The molecule has 0 bridgehead atoms. The molecule has 16 heavy (non-hydrogen) atoms. The number of methoxy groups -OCH3 is 1. The average molecular weight is 224 g/mol. The van der Waals surface area contributed by atoms with Crippen molar-refractivity contribution >= 4 is 0 Å². The highest BCUT2D eigenvalue weighted by Crippen LogP contribution is 2.23. The molecule has 1 saturated heterocycles. The van der Waals surface area contributed by atoms with Crippen LogP contribution in [0.25, 0.3) is 0 Å². The molecule has 0 aliphatic carbocycles. The Morgan fingerprint density at radius 2 is 2.31 bits per heavy atom. The van der Waals surface area contributed by atoms with Crippen LogP contribution in [0.1, 0.15) is 37.5 Å². The van der Waals surface area contributed by atoms with E-state index in [4.69, 9.17) is 4.74 Å². The predicted octanol–water partition coefficient (Wildman–Crippen LogP) is 1.05. The van der Waals surface area contributed by atoms with Crippen molar-refractivity contribution in [3.05, 3.63) is 11.6 Å². The molecule has 2 atom stereocenters. The molecule has 2 rings (SSSR count). The van der Waals surface area contributed by atoms with Gasteiger partial charge in [-0.3, -0.25) is 0 Å². The molecule has 5 heteroatoms. The smallest absolute Gasteiger partial charge is 0.150 e. The molecule has 1 fully saturated rings. The van der Waals surface area contributed by atoms with E-state index >= 15 is 0 Å². The molecule has 1 aliphatic heterocycles. The lowest BCUT2D eigenvalue weighted by Gasteiger charge is -2.12. The van der Waals surface area contributed by atoms with Crippen LogP contribution < -0.4 is 5.32 Å². The van der Waals surface area contributed by atoms with Gasteiger partial charge >= 0.3 is 0 Å². The van der Waals surface area contributed by atoms with Crippen LogP contribution in [0.2, 0.25) is 0 Å². The van der Waals surface area contributed by atoms with Crippen LogP contribution in [0.5, 0.6) is 0 Å². The molecule has 0 spiro atoms. The van der Waals surface area contributed by atoms with Gasteiger partial charge < -0.3 is 14.6 Å². The second-order valence-corrected chi connectivity index (χ2v) is 4.31. The fourth-order valence-corrected chi connectivity index (χ4v) is 2.23. The zero-order valence-corrected chi connectivity index (χ0v) is 10.2. The molecule has 1 aliphatic rings. The summed E-state index contributed by atoms with van der Waals surface area (Å²) in [7, 11) is 1.76. The lowest BCUT2D eigenvalue weighted by Crippen LogP contribution is -2.19. The van der Waals surface area contributed by atoms with Crippen molar-refractivity contribution in [1.29, 1.82) is 0 Å². The maximum Gasteiger partial charge on any atom is 0.150 e. The van der Waals surface area contributed by atoms with E-state index in [2.05, 4.69) is 27.0 Å². The van der Waals surface area contributed by atoms with Crippen LogP contribution >= 0.6 is 0 Å². The van der Waals surface area contributed by atoms with Crippen molar-refractivity contribution in [2.45, 2.75) is 45.4 Å². The second kappa shape index (κ2) is 4.93. The van der Waals surface area contributed by atoms with Gasteiger partial charge in [0, 0.05) is 20.2 Å². The summed E-state index contributed by atoms with van der Waals surface area (Å²) < 4.78 is 7.55. The summed E-state index contributed by atoms with van der Waals surface area (Å²) in [4.78, 5) is 0. The molecule has 0 aromatic carbocycles. The number of aromatic nitrogens is 3. The molecule has 90 valence electrons. The zero-order chi connectivity index (χ0) is 11.5. The molecule has 1 aromatic rings. The lowest BCUT2D eigenvalue weighted by molar-refractivity contribution is 0.117. The van der Waals surface area contributed by atoms with Crippen molar-refractivity contribution < 1.29 is 4.74 Å². The number of nitrogens with zero attached hydrogens (tertiary/aromatic N) is 3. The van der Waals surface area contributed by atoms with Crippen molar-refractivity contribution in [2.75, 3.05) is 13.7 Å². The summed E-state index contributed by atoms with van der Waals surface area (Å²) >= 11 is 0. The number of ether oxygens (including phenoxy) is 1. The van der Waals surface area contributed by atoms with Gasteiger partial charge in [0.15, 0.2) is 0 Å². The fraction of sp³-hybridized carbons (Fsp3) is 0.818. The minimum Gasteiger partial charge on any atom is -0.380 e. The number of nitrogens with one attached hydrogen (secondary N) is 1. The van der Waals surface area contributed by atoms with Gasteiger partial charge in [-0.05, 0) is 19.8 Å².